The van der Waals surface area contributed by atoms with Gasteiger partial charge in [0.1, 0.15) is 4.90 Å². The molecule has 0 saturated heterocycles. The van der Waals surface area contributed by atoms with Crippen molar-refractivity contribution in [2.24, 2.45) is 0 Å². The standard InChI is InChI=1S/C16H16Cl2N2O3S/c1-10-3-6-13(7-4-10)19-16(21)11(2)20-24(22,23)15-9-12(17)5-8-14(15)18/h3-9,11,20H,1-2H3,(H,19,21)/t11-/m1/s1. The summed E-state index contributed by atoms with van der Waals surface area (Å²) >= 11 is 11.7. The molecule has 0 aliphatic carbocycles. The molecule has 0 aliphatic heterocycles. The first kappa shape index (κ1) is 18.7. The first-order chi connectivity index (χ1) is 11.2. The lowest BCUT2D eigenvalue weighted by atomic mass is 10.2. The maximum atomic E-state index is 12.4. The van der Waals surface area contributed by atoms with Gasteiger partial charge in [0.15, 0.2) is 0 Å². The highest BCUT2D eigenvalue weighted by Gasteiger charge is 2.24. The summed E-state index contributed by atoms with van der Waals surface area (Å²) in [5.41, 5.74) is 1.63. The first-order valence-electron chi connectivity index (χ1n) is 7.04. The third kappa shape index (κ3) is 4.70. The van der Waals surface area contributed by atoms with Crippen LogP contribution in [0.4, 0.5) is 5.69 Å². The Bertz CT molecular complexity index is 852. The number of carbonyl (C=O) groups is 1. The quantitative estimate of drug-likeness (QED) is 0.823. The number of amides is 1. The van der Waals surface area contributed by atoms with Gasteiger partial charge in [-0.1, -0.05) is 40.9 Å². The second kappa shape index (κ2) is 7.53. The van der Waals surface area contributed by atoms with E-state index in [-0.39, 0.29) is 14.9 Å². The van der Waals surface area contributed by atoms with E-state index in [0.29, 0.717) is 5.69 Å². The van der Waals surface area contributed by atoms with Crippen molar-refractivity contribution < 1.29 is 13.2 Å². The zero-order valence-corrected chi connectivity index (χ0v) is 15.3. The number of benzene rings is 2. The lowest BCUT2D eigenvalue weighted by Crippen LogP contribution is -2.41. The third-order valence-electron chi connectivity index (χ3n) is 3.23. The van der Waals surface area contributed by atoms with Gasteiger partial charge in [-0.05, 0) is 44.2 Å². The number of anilines is 1. The van der Waals surface area contributed by atoms with Crippen molar-refractivity contribution in [2.45, 2.75) is 24.8 Å². The Hall–Kier alpha value is -1.60. The number of sulfonamides is 1. The lowest BCUT2D eigenvalue weighted by molar-refractivity contribution is -0.117. The monoisotopic (exact) mass is 386 g/mol. The molecule has 0 unspecified atom stereocenters. The Morgan fingerprint density at radius 1 is 1.08 bits per heavy atom. The summed E-state index contributed by atoms with van der Waals surface area (Å²) in [6.07, 6.45) is 0. The molecule has 24 heavy (non-hydrogen) atoms. The Balaban J connectivity index is 2.12. The Morgan fingerprint density at radius 3 is 2.33 bits per heavy atom. The van der Waals surface area contributed by atoms with E-state index in [9.17, 15) is 13.2 Å². The van der Waals surface area contributed by atoms with E-state index in [2.05, 4.69) is 10.0 Å². The highest BCUT2D eigenvalue weighted by molar-refractivity contribution is 7.89. The fraction of sp³-hybridized carbons (Fsp3) is 0.188. The number of carbonyl (C=O) groups excluding carboxylic acids is 1. The van der Waals surface area contributed by atoms with Crippen molar-refractivity contribution in [3.8, 4) is 0 Å². The maximum Gasteiger partial charge on any atom is 0.242 e. The molecule has 0 bridgehead atoms. The summed E-state index contributed by atoms with van der Waals surface area (Å²) in [6.45, 7) is 3.37. The first-order valence-corrected chi connectivity index (χ1v) is 9.28. The average molecular weight is 387 g/mol. The van der Waals surface area contributed by atoms with Crippen molar-refractivity contribution in [3.63, 3.8) is 0 Å². The van der Waals surface area contributed by atoms with Crippen molar-refractivity contribution >= 4 is 44.8 Å². The molecule has 2 N–H and O–H groups in total. The van der Waals surface area contributed by atoms with Crippen LogP contribution in [-0.2, 0) is 14.8 Å². The van der Waals surface area contributed by atoms with E-state index < -0.39 is 22.0 Å². The summed E-state index contributed by atoms with van der Waals surface area (Å²) in [4.78, 5) is 12.0. The van der Waals surface area contributed by atoms with E-state index in [4.69, 9.17) is 23.2 Å². The highest BCUT2D eigenvalue weighted by atomic mass is 35.5. The Labute approximate surface area is 151 Å². The molecule has 8 heteroatoms. The molecule has 1 atom stereocenters. The van der Waals surface area contributed by atoms with Gasteiger partial charge in [-0.3, -0.25) is 4.79 Å². The number of nitrogens with one attached hydrogen (secondary N) is 2. The molecule has 0 aromatic heterocycles. The number of hydrogen-bond donors (Lipinski definition) is 2. The Morgan fingerprint density at radius 2 is 1.71 bits per heavy atom. The number of halogens is 2. The minimum Gasteiger partial charge on any atom is -0.325 e. The predicted molar refractivity (Wildman–Crippen MR) is 96.1 cm³/mol. The largest absolute Gasteiger partial charge is 0.325 e. The molecular weight excluding hydrogens is 371 g/mol. The van der Waals surface area contributed by atoms with E-state index in [1.54, 1.807) is 12.1 Å². The topological polar surface area (TPSA) is 75.3 Å². The van der Waals surface area contributed by atoms with Gasteiger partial charge in [-0.25, -0.2) is 8.42 Å². The predicted octanol–water partition coefficient (Wildman–Crippen LogP) is 3.61. The molecule has 0 fully saturated rings. The molecule has 0 radical (unpaired) electrons. The third-order valence-corrected chi connectivity index (χ3v) is 5.48. The van der Waals surface area contributed by atoms with Gasteiger partial charge in [0, 0.05) is 10.7 Å². The SMILES string of the molecule is Cc1ccc(NC(=O)[C@@H](C)NS(=O)(=O)c2cc(Cl)ccc2Cl)cc1. The van der Waals surface area contributed by atoms with Crippen LogP contribution in [0.25, 0.3) is 0 Å². The van der Waals surface area contributed by atoms with Gasteiger partial charge >= 0.3 is 0 Å². The van der Waals surface area contributed by atoms with Crippen molar-refractivity contribution in [1.82, 2.24) is 4.72 Å². The van der Waals surface area contributed by atoms with Crippen LogP contribution in [0.3, 0.4) is 0 Å². The van der Waals surface area contributed by atoms with E-state index >= 15 is 0 Å². The maximum absolute atomic E-state index is 12.4. The van der Waals surface area contributed by atoms with Gasteiger partial charge in [0.05, 0.1) is 11.1 Å². The van der Waals surface area contributed by atoms with Crippen LogP contribution in [-0.4, -0.2) is 20.4 Å². The van der Waals surface area contributed by atoms with Crippen LogP contribution in [0, 0.1) is 6.92 Å². The molecular formula is C16H16Cl2N2O3S. The van der Waals surface area contributed by atoms with Gasteiger partial charge in [0.25, 0.3) is 0 Å². The summed E-state index contributed by atoms with van der Waals surface area (Å²) in [7, 11) is -3.98. The Kier molecular flexibility index (Phi) is 5.87. The molecule has 5 nitrogen and oxygen atoms in total. The molecule has 2 aromatic carbocycles. The van der Waals surface area contributed by atoms with Crippen LogP contribution in [0.15, 0.2) is 47.4 Å². The molecule has 0 heterocycles. The van der Waals surface area contributed by atoms with Gasteiger partial charge in [-0.2, -0.15) is 4.72 Å². The molecule has 0 saturated carbocycles. The average Bonchev–Trinajstić information content (AvgIpc) is 2.51. The molecule has 0 aliphatic rings. The summed E-state index contributed by atoms with van der Waals surface area (Å²) in [5, 5.41) is 2.90. The second-order valence-corrected chi connectivity index (χ2v) is 7.80. The smallest absolute Gasteiger partial charge is 0.242 e. The zero-order valence-electron chi connectivity index (χ0n) is 13.0. The van der Waals surface area contributed by atoms with Gasteiger partial charge in [-0.15, -0.1) is 0 Å². The molecule has 2 aromatic rings. The number of hydrogen-bond acceptors (Lipinski definition) is 3. The minimum atomic E-state index is -3.98. The molecule has 0 spiro atoms. The molecule has 1 amide bonds. The fourth-order valence-electron chi connectivity index (χ4n) is 1.92. The summed E-state index contributed by atoms with van der Waals surface area (Å²) < 4.78 is 27.1. The van der Waals surface area contributed by atoms with Crippen LogP contribution >= 0.6 is 23.2 Å². The summed E-state index contributed by atoms with van der Waals surface area (Å²) in [5.74, 6) is -0.486. The van der Waals surface area contributed by atoms with Crippen LogP contribution in [0.1, 0.15) is 12.5 Å². The van der Waals surface area contributed by atoms with Crippen LogP contribution < -0.4 is 10.0 Å². The van der Waals surface area contributed by atoms with E-state index in [1.807, 2.05) is 19.1 Å². The fourth-order valence-corrected chi connectivity index (χ4v) is 3.89. The van der Waals surface area contributed by atoms with Crippen LogP contribution in [0.5, 0.6) is 0 Å². The molecule has 2 rings (SSSR count). The zero-order chi connectivity index (χ0) is 17.9. The van der Waals surface area contributed by atoms with Crippen molar-refractivity contribution in [1.29, 1.82) is 0 Å². The van der Waals surface area contributed by atoms with Crippen LogP contribution in [0.2, 0.25) is 10.0 Å². The second-order valence-electron chi connectivity index (χ2n) is 5.27. The normalized spacial score (nSPS) is 12.7. The minimum absolute atomic E-state index is 0.0260. The van der Waals surface area contributed by atoms with Gasteiger partial charge in [0.2, 0.25) is 15.9 Å². The van der Waals surface area contributed by atoms with E-state index in [1.165, 1.54) is 25.1 Å². The van der Waals surface area contributed by atoms with Gasteiger partial charge < -0.3 is 5.32 Å². The molecule has 128 valence electrons. The summed E-state index contributed by atoms with van der Waals surface area (Å²) in [6, 6.07) is 10.3. The lowest BCUT2D eigenvalue weighted by Gasteiger charge is -2.15. The van der Waals surface area contributed by atoms with E-state index in [0.717, 1.165) is 5.56 Å². The van der Waals surface area contributed by atoms with Crippen molar-refractivity contribution in [2.75, 3.05) is 5.32 Å². The highest BCUT2D eigenvalue weighted by Crippen LogP contribution is 2.25. The number of aryl methyl sites for hydroxylation is 1. The number of rotatable bonds is 5. The van der Waals surface area contributed by atoms with Crippen molar-refractivity contribution in [3.05, 3.63) is 58.1 Å².